The molecular weight excluding hydrogens is 224 g/mol. The maximum atomic E-state index is 11.5. The van der Waals surface area contributed by atoms with Gasteiger partial charge in [0.2, 0.25) is 5.91 Å². The summed E-state index contributed by atoms with van der Waals surface area (Å²) in [4.78, 5) is 11.5. The molecule has 0 aromatic heterocycles. The maximum absolute atomic E-state index is 11.5. The fourth-order valence-electron chi connectivity index (χ4n) is 1.27. The van der Waals surface area contributed by atoms with Crippen molar-refractivity contribution in [3.63, 3.8) is 0 Å². The first kappa shape index (κ1) is 16.3. The molecule has 0 aliphatic carbocycles. The molecule has 0 rings (SSSR count). The summed E-state index contributed by atoms with van der Waals surface area (Å²) >= 11 is 0. The van der Waals surface area contributed by atoms with Gasteiger partial charge in [-0.1, -0.05) is 13.8 Å². The van der Waals surface area contributed by atoms with E-state index in [0.717, 1.165) is 6.54 Å². The minimum absolute atomic E-state index is 0.285. The Morgan fingerprint density at radius 2 is 1.71 bits per heavy atom. The smallest absolute Gasteiger partial charge is 0.220 e. The molecule has 0 heterocycles. The molecule has 0 fully saturated rings. The van der Waals surface area contributed by atoms with Crippen LogP contribution in [0.25, 0.3) is 0 Å². The summed E-state index contributed by atoms with van der Waals surface area (Å²) in [7, 11) is 0. The molecule has 0 spiro atoms. The predicted molar refractivity (Wildman–Crippen MR) is 64.5 cm³/mol. The van der Waals surface area contributed by atoms with Gasteiger partial charge in [0.05, 0.1) is 19.8 Å². The van der Waals surface area contributed by atoms with Gasteiger partial charge in [0.15, 0.2) is 0 Å². The van der Waals surface area contributed by atoms with E-state index >= 15 is 0 Å². The van der Waals surface area contributed by atoms with Gasteiger partial charge in [-0.25, -0.2) is 0 Å². The van der Waals surface area contributed by atoms with E-state index < -0.39 is 25.4 Å². The van der Waals surface area contributed by atoms with E-state index in [0.29, 0.717) is 18.9 Å². The molecule has 0 unspecified atom stereocenters. The van der Waals surface area contributed by atoms with Crippen LogP contribution in [-0.2, 0) is 4.79 Å². The number of hydrogen-bond acceptors (Lipinski definition) is 5. The van der Waals surface area contributed by atoms with Gasteiger partial charge in [-0.05, 0) is 13.0 Å². The Morgan fingerprint density at radius 3 is 2.12 bits per heavy atom. The van der Waals surface area contributed by atoms with Crippen molar-refractivity contribution in [2.24, 2.45) is 0 Å². The summed E-state index contributed by atoms with van der Waals surface area (Å²) in [5, 5.41) is 32.7. The van der Waals surface area contributed by atoms with Crippen LogP contribution in [0.1, 0.15) is 26.7 Å². The lowest BCUT2D eigenvalue weighted by molar-refractivity contribution is -0.125. The highest BCUT2D eigenvalue weighted by Crippen LogP contribution is 2.02. The van der Waals surface area contributed by atoms with E-state index in [-0.39, 0.29) is 5.91 Å². The second-order valence-electron chi connectivity index (χ2n) is 4.52. The van der Waals surface area contributed by atoms with Gasteiger partial charge >= 0.3 is 0 Å². The van der Waals surface area contributed by atoms with Crippen molar-refractivity contribution in [2.45, 2.75) is 38.3 Å². The highest BCUT2D eigenvalue weighted by atomic mass is 16.3. The number of carbonyl (C=O) groups is 1. The van der Waals surface area contributed by atoms with Crippen molar-refractivity contribution in [2.75, 3.05) is 26.4 Å². The summed E-state index contributed by atoms with van der Waals surface area (Å²) in [6, 6.07) is 0.379. The number of hydrogen-bond donors (Lipinski definition) is 5. The average molecular weight is 248 g/mol. The number of aliphatic hydroxyl groups is 3. The standard InChI is InChI=1S/C11H24N2O4/c1-9(2)12-5-3-4-10(17)13-11(6-14,7-15)8-16/h9,12,14-16H,3-8H2,1-2H3,(H,13,17). The Bertz CT molecular complexity index is 209. The second kappa shape index (κ2) is 8.41. The topological polar surface area (TPSA) is 102 Å². The van der Waals surface area contributed by atoms with E-state index in [1.807, 2.05) is 13.8 Å². The largest absolute Gasteiger partial charge is 0.394 e. The summed E-state index contributed by atoms with van der Waals surface area (Å²) in [5.41, 5.74) is -1.32. The van der Waals surface area contributed by atoms with Crippen LogP contribution in [0.15, 0.2) is 0 Å². The van der Waals surface area contributed by atoms with Gasteiger partial charge in [0, 0.05) is 12.5 Å². The van der Waals surface area contributed by atoms with Crippen LogP contribution in [0, 0.1) is 0 Å². The number of rotatable bonds is 9. The summed E-state index contributed by atoms with van der Waals surface area (Å²) in [6.45, 7) is 3.31. The minimum Gasteiger partial charge on any atom is -0.394 e. The SMILES string of the molecule is CC(C)NCCCC(=O)NC(CO)(CO)CO. The van der Waals surface area contributed by atoms with Crippen molar-refractivity contribution in [3.05, 3.63) is 0 Å². The lowest BCUT2D eigenvalue weighted by atomic mass is 10.0. The molecule has 102 valence electrons. The maximum Gasteiger partial charge on any atom is 0.220 e. The van der Waals surface area contributed by atoms with E-state index in [2.05, 4.69) is 10.6 Å². The van der Waals surface area contributed by atoms with Crippen LogP contribution >= 0.6 is 0 Å². The van der Waals surface area contributed by atoms with Crippen molar-refractivity contribution < 1.29 is 20.1 Å². The first-order chi connectivity index (χ1) is 7.99. The fourth-order valence-corrected chi connectivity index (χ4v) is 1.27. The second-order valence-corrected chi connectivity index (χ2v) is 4.52. The monoisotopic (exact) mass is 248 g/mol. The molecule has 0 aliphatic rings. The van der Waals surface area contributed by atoms with Crippen molar-refractivity contribution in [1.82, 2.24) is 10.6 Å². The normalized spacial score (nSPS) is 11.9. The molecule has 0 aromatic rings. The van der Waals surface area contributed by atoms with Crippen LogP contribution in [0.2, 0.25) is 0 Å². The third kappa shape index (κ3) is 6.58. The minimum atomic E-state index is -1.32. The van der Waals surface area contributed by atoms with Crippen LogP contribution in [-0.4, -0.2) is 59.2 Å². The molecular formula is C11H24N2O4. The Hall–Kier alpha value is -0.690. The molecule has 5 N–H and O–H groups in total. The van der Waals surface area contributed by atoms with Crippen molar-refractivity contribution >= 4 is 5.91 Å². The molecule has 0 radical (unpaired) electrons. The molecule has 0 atom stereocenters. The van der Waals surface area contributed by atoms with Gasteiger partial charge in [0.1, 0.15) is 5.54 Å². The number of nitrogens with one attached hydrogen (secondary N) is 2. The van der Waals surface area contributed by atoms with E-state index in [1.165, 1.54) is 0 Å². The van der Waals surface area contributed by atoms with Crippen molar-refractivity contribution in [1.29, 1.82) is 0 Å². The molecule has 17 heavy (non-hydrogen) atoms. The fraction of sp³-hybridized carbons (Fsp3) is 0.909. The number of carbonyl (C=O) groups excluding carboxylic acids is 1. The van der Waals surface area contributed by atoms with E-state index in [4.69, 9.17) is 15.3 Å². The first-order valence-electron chi connectivity index (χ1n) is 5.86. The molecule has 6 heteroatoms. The number of aliphatic hydroxyl groups excluding tert-OH is 3. The number of amides is 1. The Morgan fingerprint density at radius 1 is 1.18 bits per heavy atom. The summed E-state index contributed by atoms with van der Waals surface area (Å²) < 4.78 is 0. The van der Waals surface area contributed by atoms with E-state index in [1.54, 1.807) is 0 Å². The average Bonchev–Trinajstić information content (AvgIpc) is 2.32. The Kier molecular flexibility index (Phi) is 8.07. The van der Waals surface area contributed by atoms with Crippen LogP contribution in [0.3, 0.4) is 0 Å². The van der Waals surface area contributed by atoms with Crippen LogP contribution < -0.4 is 10.6 Å². The van der Waals surface area contributed by atoms with E-state index in [9.17, 15) is 4.79 Å². The zero-order chi connectivity index (χ0) is 13.3. The van der Waals surface area contributed by atoms with Gasteiger partial charge in [-0.2, -0.15) is 0 Å². The summed E-state index contributed by atoms with van der Waals surface area (Å²) in [5.74, 6) is -0.285. The third-order valence-corrected chi connectivity index (χ3v) is 2.45. The van der Waals surface area contributed by atoms with Gasteiger partial charge in [-0.15, -0.1) is 0 Å². The van der Waals surface area contributed by atoms with Crippen LogP contribution in [0.5, 0.6) is 0 Å². The Labute approximate surface area is 102 Å². The molecule has 0 aliphatic heterocycles. The predicted octanol–water partition coefficient (Wildman–Crippen LogP) is -1.40. The molecule has 0 bridgehead atoms. The molecule has 0 saturated heterocycles. The summed E-state index contributed by atoms with van der Waals surface area (Å²) in [6.07, 6.45) is 0.962. The molecule has 0 saturated carbocycles. The molecule has 0 aromatic carbocycles. The van der Waals surface area contributed by atoms with Gasteiger partial charge < -0.3 is 26.0 Å². The zero-order valence-electron chi connectivity index (χ0n) is 10.6. The highest BCUT2D eigenvalue weighted by Gasteiger charge is 2.29. The third-order valence-electron chi connectivity index (χ3n) is 2.45. The Balaban J connectivity index is 3.91. The highest BCUT2D eigenvalue weighted by molar-refractivity contribution is 5.76. The van der Waals surface area contributed by atoms with Gasteiger partial charge in [0.25, 0.3) is 0 Å². The lowest BCUT2D eigenvalue weighted by Gasteiger charge is -2.28. The first-order valence-corrected chi connectivity index (χ1v) is 5.86. The lowest BCUT2D eigenvalue weighted by Crippen LogP contribution is -2.57. The molecule has 6 nitrogen and oxygen atoms in total. The quantitative estimate of drug-likeness (QED) is 0.323. The van der Waals surface area contributed by atoms with Crippen molar-refractivity contribution in [3.8, 4) is 0 Å². The zero-order valence-corrected chi connectivity index (χ0v) is 10.6. The molecule has 1 amide bonds. The van der Waals surface area contributed by atoms with Gasteiger partial charge in [-0.3, -0.25) is 4.79 Å². The van der Waals surface area contributed by atoms with Crippen LogP contribution in [0.4, 0.5) is 0 Å².